The molecule has 1 amide bonds. The van der Waals surface area contributed by atoms with Crippen LogP contribution in [0.1, 0.15) is 31.1 Å². The zero-order chi connectivity index (χ0) is 18.7. The van der Waals surface area contributed by atoms with E-state index in [1.165, 1.54) is 11.8 Å². The Hall–Kier alpha value is -2.18. The molecule has 0 aliphatic heterocycles. The highest BCUT2D eigenvalue weighted by molar-refractivity contribution is 8.01. The van der Waals surface area contributed by atoms with Gasteiger partial charge in [0.15, 0.2) is 10.1 Å². The van der Waals surface area contributed by atoms with Crippen molar-refractivity contribution in [2.75, 3.05) is 11.1 Å². The van der Waals surface area contributed by atoms with Gasteiger partial charge in [0.1, 0.15) is 0 Å². The topological polar surface area (TPSA) is 59.1 Å². The lowest BCUT2D eigenvalue weighted by Gasteiger charge is -2.17. The van der Waals surface area contributed by atoms with E-state index < -0.39 is 5.41 Å². The van der Waals surface area contributed by atoms with E-state index in [1.807, 2.05) is 45.0 Å². The monoisotopic (exact) mass is 384 g/mol. The van der Waals surface area contributed by atoms with Gasteiger partial charge in [-0.05, 0) is 36.4 Å². The van der Waals surface area contributed by atoms with Crippen LogP contribution in [0.2, 0.25) is 0 Å². The highest BCUT2D eigenvalue weighted by atomic mass is 32.2. The van der Waals surface area contributed by atoms with Crippen LogP contribution in [0.5, 0.6) is 0 Å². The Labute approximate surface area is 161 Å². The van der Waals surface area contributed by atoms with Crippen molar-refractivity contribution in [1.82, 2.24) is 4.98 Å². The summed E-state index contributed by atoms with van der Waals surface area (Å²) in [6.45, 7) is 5.58. The van der Waals surface area contributed by atoms with Crippen molar-refractivity contribution < 1.29 is 9.59 Å². The number of aromatic nitrogens is 1. The molecule has 26 heavy (non-hydrogen) atoms. The van der Waals surface area contributed by atoms with Crippen molar-refractivity contribution in [3.63, 3.8) is 0 Å². The Kier molecular flexibility index (Phi) is 5.44. The zero-order valence-corrected chi connectivity index (χ0v) is 16.5. The molecule has 3 aromatic rings. The summed E-state index contributed by atoms with van der Waals surface area (Å²) in [4.78, 5) is 28.9. The Morgan fingerprint density at radius 2 is 1.77 bits per heavy atom. The third-order valence-electron chi connectivity index (χ3n) is 3.75. The second-order valence-corrected chi connectivity index (χ2v) is 9.19. The molecule has 6 heteroatoms. The summed E-state index contributed by atoms with van der Waals surface area (Å²) in [6, 6.07) is 15.0. The smallest absolute Gasteiger partial charge is 0.229 e. The minimum atomic E-state index is -0.456. The van der Waals surface area contributed by atoms with Crippen LogP contribution in [0, 0.1) is 5.41 Å². The van der Waals surface area contributed by atoms with Crippen molar-refractivity contribution in [1.29, 1.82) is 0 Å². The lowest BCUT2D eigenvalue weighted by molar-refractivity contribution is -0.123. The summed E-state index contributed by atoms with van der Waals surface area (Å²) < 4.78 is 2.02. The minimum Gasteiger partial charge on any atom is -0.326 e. The summed E-state index contributed by atoms with van der Waals surface area (Å²) in [5.41, 5.74) is 1.83. The standard InChI is InChI=1S/C20H20N2O2S2/c1-20(2,3)18(24)21-14-10-8-13(9-11-14)16(23)12-25-19-22-15-6-4-5-7-17(15)26-19/h4-11H,12H2,1-3H3,(H,21,24). The Morgan fingerprint density at radius 1 is 1.08 bits per heavy atom. The number of Topliss-reactive ketones (excluding diaryl/α,β-unsaturated/α-hetero) is 1. The molecule has 3 rings (SSSR count). The minimum absolute atomic E-state index is 0.0444. The van der Waals surface area contributed by atoms with Gasteiger partial charge >= 0.3 is 0 Å². The molecular formula is C20H20N2O2S2. The van der Waals surface area contributed by atoms with Crippen LogP contribution in [0.25, 0.3) is 10.2 Å². The molecule has 0 saturated carbocycles. The number of hydrogen-bond donors (Lipinski definition) is 1. The number of thiazole rings is 1. The molecule has 0 aliphatic carbocycles. The molecule has 1 N–H and O–H groups in total. The summed E-state index contributed by atoms with van der Waals surface area (Å²) in [5.74, 6) is 0.332. The van der Waals surface area contributed by atoms with E-state index in [1.54, 1.807) is 35.6 Å². The van der Waals surface area contributed by atoms with Gasteiger partial charge in [0.05, 0.1) is 16.0 Å². The molecule has 0 bridgehead atoms. The number of amides is 1. The number of nitrogens with one attached hydrogen (secondary N) is 1. The summed E-state index contributed by atoms with van der Waals surface area (Å²) in [5, 5.41) is 2.86. The first-order chi connectivity index (χ1) is 12.3. The van der Waals surface area contributed by atoms with Gasteiger partial charge in [-0.15, -0.1) is 11.3 Å². The van der Waals surface area contributed by atoms with Crippen molar-refractivity contribution in [2.24, 2.45) is 5.41 Å². The highest BCUT2D eigenvalue weighted by Crippen LogP contribution is 2.29. The quantitative estimate of drug-likeness (QED) is 0.482. The molecule has 0 fully saturated rings. The van der Waals surface area contributed by atoms with E-state index in [4.69, 9.17) is 0 Å². The SMILES string of the molecule is CC(C)(C)C(=O)Nc1ccc(C(=O)CSc2nc3ccccc3s2)cc1. The molecule has 1 heterocycles. The van der Waals surface area contributed by atoms with Crippen LogP contribution in [-0.4, -0.2) is 22.4 Å². The van der Waals surface area contributed by atoms with Crippen molar-refractivity contribution in [2.45, 2.75) is 25.1 Å². The number of anilines is 1. The van der Waals surface area contributed by atoms with Gasteiger partial charge in [-0.25, -0.2) is 4.98 Å². The molecule has 0 atom stereocenters. The fourth-order valence-corrected chi connectivity index (χ4v) is 4.14. The van der Waals surface area contributed by atoms with Gasteiger partial charge in [0, 0.05) is 16.7 Å². The average Bonchev–Trinajstić information content (AvgIpc) is 3.02. The first-order valence-corrected chi connectivity index (χ1v) is 10.1. The number of rotatable bonds is 5. The normalized spacial score (nSPS) is 11.5. The van der Waals surface area contributed by atoms with E-state index in [9.17, 15) is 9.59 Å². The number of benzene rings is 2. The lowest BCUT2D eigenvalue weighted by atomic mass is 9.95. The van der Waals surface area contributed by atoms with Gasteiger partial charge < -0.3 is 5.32 Å². The van der Waals surface area contributed by atoms with E-state index in [2.05, 4.69) is 10.3 Å². The zero-order valence-electron chi connectivity index (χ0n) is 14.9. The Bertz CT molecular complexity index is 907. The molecule has 134 valence electrons. The first-order valence-electron chi connectivity index (χ1n) is 8.26. The maximum absolute atomic E-state index is 12.4. The molecule has 0 spiro atoms. The van der Waals surface area contributed by atoms with Crippen molar-refractivity contribution >= 4 is 50.7 Å². The van der Waals surface area contributed by atoms with Crippen LogP contribution in [0.3, 0.4) is 0 Å². The largest absolute Gasteiger partial charge is 0.326 e. The van der Waals surface area contributed by atoms with Crippen molar-refractivity contribution in [3.8, 4) is 0 Å². The van der Waals surface area contributed by atoms with Crippen LogP contribution >= 0.6 is 23.1 Å². The number of ketones is 1. The molecule has 0 saturated heterocycles. The molecule has 0 radical (unpaired) electrons. The molecule has 0 unspecified atom stereocenters. The number of thioether (sulfide) groups is 1. The molecular weight excluding hydrogens is 364 g/mol. The second kappa shape index (κ2) is 7.60. The number of hydrogen-bond acceptors (Lipinski definition) is 5. The maximum atomic E-state index is 12.4. The Balaban J connectivity index is 1.60. The fraction of sp³-hybridized carbons (Fsp3) is 0.250. The van der Waals surface area contributed by atoms with Crippen LogP contribution in [0.15, 0.2) is 52.9 Å². The number of fused-ring (bicyclic) bond motifs is 1. The van der Waals surface area contributed by atoms with Gasteiger partial charge in [-0.2, -0.15) is 0 Å². The number of carbonyl (C=O) groups is 2. The summed E-state index contributed by atoms with van der Waals surface area (Å²) in [6.07, 6.45) is 0. The predicted molar refractivity (Wildman–Crippen MR) is 109 cm³/mol. The average molecular weight is 385 g/mol. The lowest BCUT2D eigenvalue weighted by Crippen LogP contribution is -2.27. The van der Waals surface area contributed by atoms with Gasteiger partial charge in [-0.1, -0.05) is 44.7 Å². The highest BCUT2D eigenvalue weighted by Gasteiger charge is 2.21. The summed E-state index contributed by atoms with van der Waals surface area (Å²) >= 11 is 3.05. The van der Waals surface area contributed by atoms with E-state index in [0.29, 0.717) is 17.0 Å². The molecule has 0 aliphatic rings. The van der Waals surface area contributed by atoms with E-state index in [-0.39, 0.29) is 11.7 Å². The fourth-order valence-electron chi connectivity index (χ4n) is 2.18. The number of carbonyl (C=O) groups excluding carboxylic acids is 2. The molecule has 1 aromatic heterocycles. The van der Waals surface area contributed by atoms with Crippen LogP contribution < -0.4 is 5.32 Å². The van der Waals surface area contributed by atoms with Gasteiger partial charge in [-0.3, -0.25) is 9.59 Å². The van der Waals surface area contributed by atoms with E-state index >= 15 is 0 Å². The number of nitrogens with zero attached hydrogens (tertiary/aromatic N) is 1. The third-order valence-corrected chi connectivity index (χ3v) is 5.93. The maximum Gasteiger partial charge on any atom is 0.229 e. The van der Waals surface area contributed by atoms with Gasteiger partial charge in [0.2, 0.25) is 5.91 Å². The van der Waals surface area contributed by atoms with Crippen molar-refractivity contribution in [3.05, 3.63) is 54.1 Å². The summed E-state index contributed by atoms with van der Waals surface area (Å²) in [7, 11) is 0. The Morgan fingerprint density at radius 3 is 2.42 bits per heavy atom. The van der Waals surface area contributed by atoms with Crippen LogP contribution in [0.4, 0.5) is 5.69 Å². The van der Waals surface area contributed by atoms with Crippen LogP contribution in [-0.2, 0) is 4.79 Å². The molecule has 4 nitrogen and oxygen atoms in total. The van der Waals surface area contributed by atoms with Gasteiger partial charge in [0.25, 0.3) is 0 Å². The predicted octanol–water partition coefficient (Wildman–Crippen LogP) is 5.26. The van der Waals surface area contributed by atoms with E-state index in [0.717, 1.165) is 14.6 Å². The molecule has 2 aromatic carbocycles. The number of para-hydroxylation sites is 1. The second-order valence-electron chi connectivity index (χ2n) is 6.94. The first kappa shape index (κ1) is 18.6. The third kappa shape index (κ3) is 4.51.